The molecule has 2 aliphatic heterocycles. The van der Waals surface area contributed by atoms with Crippen molar-refractivity contribution in [1.29, 1.82) is 0 Å². The first kappa shape index (κ1) is 23.0. The number of rotatable bonds is 2. The number of likely N-dealkylation sites (N-methyl/N-ethyl adjacent to an activating group) is 1. The van der Waals surface area contributed by atoms with Crippen molar-refractivity contribution >= 4 is 58.4 Å². The molecule has 154 valence electrons. The maximum Gasteiger partial charge on any atom is 0.139 e. The van der Waals surface area contributed by atoms with Gasteiger partial charge in [0.2, 0.25) is 0 Å². The highest BCUT2D eigenvalue weighted by atomic mass is 35.5. The predicted molar refractivity (Wildman–Crippen MR) is 124 cm³/mol. The van der Waals surface area contributed by atoms with Crippen LogP contribution in [0.5, 0.6) is 0 Å². The van der Waals surface area contributed by atoms with Crippen molar-refractivity contribution in [3.05, 3.63) is 40.8 Å². The number of nitrogens with one attached hydrogen (secondary N) is 1. The lowest BCUT2D eigenvalue weighted by atomic mass is 10.0. The van der Waals surface area contributed by atoms with Crippen molar-refractivity contribution in [2.75, 3.05) is 32.0 Å². The molecule has 0 radical (unpaired) electrons. The van der Waals surface area contributed by atoms with Crippen LogP contribution in [0.25, 0.3) is 0 Å². The molecule has 1 aromatic carbocycles. The van der Waals surface area contributed by atoms with Crippen LogP contribution in [0, 0.1) is 6.92 Å². The largest absolute Gasteiger partial charge is 0.393 e. The lowest BCUT2D eigenvalue weighted by molar-refractivity contribution is 0.0850. The van der Waals surface area contributed by atoms with Gasteiger partial charge in [0.25, 0.3) is 0 Å². The van der Waals surface area contributed by atoms with Crippen LogP contribution < -0.4 is 5.32 Å². The monoisotopic (exact) mass is 442 g/mol. The zero-order valence-electron chi connectivity index (χ0n) is 16.4. The zero-order chi connectivity index (χ0) is 18.3. The van der Waals surface area contributed by atoms with Crippen LogP contribution in [-0.4, -0.2) is 59.6 Å². The Hall–Kier alpha value is -1.31. The molecule has 4 rings (SSSR count). The Labute approximate surface area is 183 Å². The second-order valence-corrected chi connectivity index (χ2v) is 8.60. The number of fused-ring (bicyclic) bond motifs is 2. The smallest absolute Gasteiger partial charge is 0.139 e. The van der Waals surface area contributed by atoms with Crippen molar-refractivity contribution in [1.82, 2.24) is 9.80 Å². The normalized spacial score (nSPS) is 19.8. The fourth-order valence-corrected chi connectivity index (χ4v) is 4.69. The van der Waals surface area contributed by atoms with Gasteiger partial charge in [0.15, 0.2) is 0 Å². The summed E-state index contributed by atoms with van der Waals surface area (Å²) in [4.78, 5) is 11.1. The molecule has 0 saturated carbocycles. The Morgan fingerprint density at radius 3 is 2.79 bits per heavy atom. The van der Waals surface area contributed by atoms with Gasteiger partial charge in [0.1, 0.15) is 10.8 Å². The van der Waals surface area contributed by atoms with Gasteiger partial charge in [0.05, 0.1) is 23.0 Å². The number of hydrogen-bond acceptors (Lipinski definition) is 6. The molecule has 2 aliphatic rings. The summed E-state index contributed by atoms with van der Waals surface area (Å²) >= 11 is 1.78. The molecule has 2 aromatic rings. The molecule has 0 amide bonds. The number of thiophene rings is 1. The maximum absolute atomic E-state index is 9.87. The quantitative estimate of drug-likeness (QED) is 0.722. The minimum Gasteiger partial charge on any atom is -0.393 e. The topological polar surface area (TPSA) is 51.1 Å². The molecule has 1 aromatic heterocycles. The maximum atomic E-state index is 9.87. The van der Waals surface area contributed by atoms with Crippen LogP contribution in [0.3, 0.4) is 0 Å². The van der Waals surface area contributed by atoms with E-state index in [0.717, 1.165) is 48.3 Å². The molecule has 2 N–H and O–H groups in total. The second-order valence-electron chi connectivity index (χ2n) is 7.34. The first-order valence-electron chi connectivity index (χ1n) is 9.20. The van der Waals surface area contributed by atoms with Crippen molar-refractivity contribution in [2.45, 2.75) is 32.4 Å². The van der Waals surface area contributed by atoms with Gasteiger partial charge in [-0.15, -0.1) is 36.2 Å². The summed E-state index contributed by atoms with van der Waals surface area (Å²) < 4.78 is 0. The third-order valence-corrected chi connectivity index (χ3v) is 6.13. The summed E-state index contributed by atoms with van der Waals surface area (Å²) in [6.07, 6.45) is 0.491. The van der Waals surface area contributed by atoms with Gasteiger partial charge in [-0.3, -0.25) is 4.90 Å². The molecule has 28 heavy (non-hydrogen) atoms. The van der Waals surface area contributed by atoms with Crippen LogP contribution in [0.15, 0.2) is 35.3 Å². The minimum atomic E-state index is -0.292. The molecule has 1 fully saturated rings. The Morgan fingerprint density at radius 1 is 1.29 bits per heavy atom. The zero-order valence-corrected chi connectivity index (χ0v) is 18.8. The van der Waals surface area contributed by atoms with Gasteiger partial charge in [0, 0.05) is 30.6 Å². The Bertz CT molecular complexity index is 839. The highest BCUT2D eigenvalue weighted by Crippen LogP contribution is 2.39. The van der Waals surface area contributed by atoms with E-state index in [-0.39, 0.29) is 30.9 Å². The second kappa shape index (κ2) is 9.46. The standard InChI is InChI=1S/C20H26N4OS.2ClH/c1-13(25)10-15-12-24(9-8-23(15)3)19-16-11-14(2)26-20(16)22-18-7-5-4-6-17(18)21-19;;/h4-7,11,13,15,22,25H,8-10,12H2,1-3H3;2*1H/t13?,15-;;/m0../s1. The van der Waals surface area contributed by atoms with E-state index < -0.39 is 0 Å². The fourth-order valence-electron chi connectivity index (χ4n) is 3.77. The van der Waals surface area contributed by atoms with E-state index in [1.165, 1.54) is 10.4 Å². The molecular weight excluding hydrogens is 415 g/mol. The number of aliphatic hydroxyl groups is 1. The molecule has 8 heteroatoms. The van der Waals surface area contributed by atoms with Gasteiger partial charge in [-0.2, -0.15) is 0 Å². The summed E-state index contributed by atoms with van der Waals surface area (Å²) in [5.41, 5.74) is 3.22. The molecule has 2 atom stereocenters. The molecule has 0 spiro atoms. The van der Waals surface area contributed by atoms with Crippen molar-refractivity contribution in [3.8, 4) is 0 Å². The lowest BCUT2D eigenvalue weighted by Gasteiger charge is -2.41. The highest BCUT2D eigenvalue weighted by molar-refractivity contribution is 7.16. The number of aliphatic hydroxyl groups excluding tert-OH is 1. The van der Waals surface area contributed by atoms with Gasteiger partial charge in [-0.25, -0.2) is 4.99 Å². The summed E-state index contributed by atoms with van der Waals surface area (Å²) in [6.45, 7) is 6.82. The van der Waals surface area contributed by atoms with Gasteiger partial charge in [-0.1, -0.05) is 12.1 Å². The number of amidine groups is 1. The number of hydrogen-bond donors (Lipinski definition) is 2. The van der Waals surface area contributed by atoms with Crippen molar-refractivity contribution in [2.24, 2.45) is 4.99 Å². The van der Waals surface area contributed by atoms with E-state index in [9.17, 15) is 5.11 Å². The first-order valence-corrected chi connectivity index (χ1v) is 10.0. The molecule has 5 nitrogen and oxygen atoms in total. The Morgan fingerprint density at radius 2 is 2.04 bits per heavy atom. The number of anilines is 2. The first-order chi connectivity index (χ1) is 12.5. The third-order valence-electron chi connectivity index (χ3n) is 5.16. The van der Waals surface area contributed by atoms with E-state index >= 15 is 0 Å². The van der Waals surface area contributed by atoms with Crippen LogP contribution in [0.1, 0.15) is 23.8 Å². The third kappa shape index (κ3) is 4.63. The average molecular weight is 443 g/mol. The Kier molecular flexibility index (Phi) is 7.76. The molecule has 0 bridgehead atoms. The number of benzene rings is 1. The number of aliphatic imine (C=N–C) groups is 1. The fraction of sp³-hybridized carbons (Fsp3) is 0.450. The van der Waals surface area contributed by atoms with Gasteiger partial charge >= 0.3 is 0 Å². The summed E-state index contributed by atoms with van der Waals surface area (Å²) in [5.74, 6) is 1.05. The average Bonchev–Trinajstić information content (AvgIpc) is 2.88. The van der Waals surface area contributed by atoms with Crippen LogP contribution in [0.2, 0.25) is 0 Å². The lowest BCUT2D eigenvalue weighted by Crippen LogP contribution is -2.54. The number of nitrogens with zero attached hydrogens (tertiary/aromatic N) is 3. The molecule has 1 unspecified atom stereocenters. The number of aryl methyl sites for hydroxylation is 1. The van der Waals surface area contributed by atoms with Crippen LogP contribution in [0.4, 0.5) is 16.4 Å². The molecule has 0 aliphatic carbocycles. The summed E-state index contributed by atoms with van der Waals surface area (Å²) in [5, 5.41) is 14.6. The SMILES string of the molecule is Cc1cc2c(s1)Nc1ccccc1N=C2N1CCN(C)[C@@H](CC(C)O)C1.Cl.Cl. The number of halogens is 2. The Balaban J connectivity index is 0.00000140. The van der Waals surface area contributed by atoms with Gasteiger partial charge < -0.3 is 15.3 Å². The van der Waals surface area contributed by atoms with Gasteiger partial charge in [-0.05, 0) is 45.5 Å². The minimum absolute atomic E-state index is 0. The van der Waals surface area contributed by atoms with E-state index in [0.29, 0.717) is 6.04 Å². The predicted octanol–water partition coefficient (Wildman–Crippen LogP) is 4.42. The molecule has 3 heterocycles. The van der Waals surface area contributed by atoms with E-state index in [1.54, 1.807) is 11.3 Å². The van der Waals surface area contributed by atoms with Crippen molar-refractivity contribution in [3.63, 3.8) is 0 Å². The van der Waals surface area contributed by atoms with E-state index in [1.807, 2.05) is 19.1 Å². The van der Waals surface area contributed by atoms with E-state index in [2.05, 4.69) is 47.3 Å². The molecule has 1 saturated heterocycles. The summed E-state index contributed by atoms with van der Waals surface area (Å²) in [7, 11) is 2.15. The summed E-state index contributed by atoms with van der Waals surface area (Å²) in [6, 6.07) is 10.8. The van der Waals surface area contributed by atoms with Crippen LogP contribution >= 0.6 is 36.2 Å². The van der Waals surface area contributed by atoms with E-state index in [4.69, 9.17) is 4.99 Å². The number of para-hydroxylation sites is 2. The number of piperazine rings is 1. The highest BCUT2D eigenvalue weighted by Gasteiger charge is 2.30. The van der Waals surface area contributed by atoms with Crippen molar-refractivity contribution < 1.29 is 5.11 Å². The van der Waals surface area contributed by atoms with Crippen LogP contribution in [-0.2, 0) is 0 Å². The molecular formula is C20H28Cl2N4OS.